The minimum absolute atomic E-state index is 0.335. The Balaban J connectivity index is 0.000000508. The van der Waals surface area contributed by atoms with Gasteiger partial charge in [0.05, 0.1) is 13.2 Å². The molecule has 0 aromatic heterocycles. The quantitative estimate of drug-likeness (QED) is 0.792. The van der Waals surface area contributed by atoms with Gasteiger partial charge in [0.25, 0.3) is 0 Å². The van der Waals surface area contributed by atoms with Gasteiger partial charge in [-0.2, -0.15) is 0 Å². The van der Waals surface area contributed by atoms with Crippen LogP contribution in [-0.2, 0) is 16.6 Å². The fraction of sp³-hybridized carbons (Fsp3) is 0.727. The molecule has 1 aromatic carbocycles. The first-order valence-corrected chi connectivity index (χ1v) is 9.82. The van der Waals surface area contributed by atoms with Crippen LogP contribution < -0.4 is 5.73 Å². The van der Waals surface area contributed by atoms with Gasteiger partial charge in [-0.25, -0.2) is 0 Å². The maximum atomic E-state index is 6.19. The van der Waals surface area contributed by atoms with E-state index in [0.29, 0.717) is 16.7 Å². The summed E-state index contributed by atoms with van der Waals surface area (Å²) in [5.41, 5.74) is 11.6. The van der Waals surface area contributed by atoms with Crippen LogP contribution in [0.2, 0.25) is 0 Å². The largest absolute Gasteiger partial charge is 0.377 e. The number of epoxide rings is 1. The third kappa shape index (κ3) is 3.28. The first-order valence-electron chi connectivity index (χ1n) is 9.82. The van der Waals surface area contributed by atoms with E-state index in [2.05, 4.69) is 50.6 Å². The van der Waals surface area contributed by atoms with E-state index in [1.54, 1.807) is 11.1 Å². The third-order valence-corrected chi connectivity index (χ3v) is 6.84. The first-order chi connectivity index (χ1) is 11.4. The van der Waals surface area contributed by atoms with E-state index in [0.717, 1.165) is 25.7 Å². The van der Waals surface area contributed by atoms with Crippen LogP contribution in [0.1, 0.15) is 76.0 Å². The summed E-state index contributed by atoms with van der Waals surface area (Å²) in [5.74, 6) is 1.38. The van der Waals surface area contributed by atoms with Crippen molar-refractivity contribution in [2.24, 2.45) is 17.1 Å². The number of ether oxygens (including phenoxy) is 1. The number of benzene rings is 1. The van der Waals surface area contributed by atoms with Crippen LogP contribution in [0.15, 0.2) is 18.2 Å². The van der Waals surface area contributed by atoms with Gasteiger partial charge >= 0.3 is 0 Å². The predicted octanol–water partition coefficient (Wildman–Crippen LogP) is 4.80. The molecule has 1 aromatic rings. The van der Waals surface area contributed by atoms with Crippen molar-refractivity contribution in [3.8, 4) is 0 Å². The van der Waals surface area contributed by atoms with Crippen LogP contribution >= 0.6 is 0 Å². The molecule has 0 unspecified atom stereocenters. The molecule has 0 radical (unpaired) electrons. The van der Waals surface area contributed by atoms with Gasteiger partial charge < -0.3 is 10.5 Å². The molecule has 1 saturated heterocycles. The Morgan fingerprint density at radius 3 is 2.50 bits per heavy atom. The zero-order chi connectivity index (χ0) is 17.4. The van der Waals surface area contributed by atoms with Crippen molar-refractivity contribution >= 4 is 0 Å². The molecule has 2 aliphatic carbocycles. The fourth-order valence-corrected chi connectivity index (χ4v) is 5.25. The van der Waals surface area contributed by atoms with E-state index in [1.165, 1.54) is 37.7 Å². The lowest BCUT2D eigenvalue weighted by Gasteiger charge is -2.55. The highest BCUT2D eigenvalue weighted by molar-refractivity contribution is 5.42. The normalized spacial score (nSPS) is 34.0. The minimum atomic E-state index is 0.335. The molecule has 1 saturated carbocycles. The summed E-state index contributed by atoms with van der Waals surface area (Å²) in [5, 5.41) is 0. The zero-order valence-electron chi connectivity index (χ0n) is 16.0. The summed E-state index contributed by atoms with van der Waals surface area (Å²) in [6.07, 6.45) is 6.53. The molecule has 134 valence electrons. The Kier molecular flexibility index (Phi) is 5.09. The lowest BCUT2D eigenvalue weighted by molar-refractivity contribution is 0.0326. The van der Waals surface area contributed by atoms with Gasteiger partial charge in [-0.15, -0.1) is 0 Å². The molecule has 2 heteroatoms. The lowest BCUT2D eigenvalue weighted by Crippen LogP contribution is -2.51. The SMILES string of the molecule is C1CO1.CC(C)c1ccc2c(c1)CC[C@H]1[C@@](C)(CN)CCC[C@]21C. The summed E-state index contributed by atoms with van der Waals surface area (Å²) >= 11 is 0. The number of nitrogens with two attached hydrogens (primary N) is 1. The monoisotopic (exact) mass is 329 g/mol. The van der Waals surface area contributed by atoms with Crippen molar-refractivity contribution in [3.05, 3.63) is 34.9 Å². The molecular formula is C22H35NO. The molecule has 4 rings (SSSR count). The molecule has 1 heterocycles. The van der Waals surface area contributed by atoms with Crippen LogP contribution in [0.3, 0.4) is 0 Å². The lowest BCUT2D eigenvalue weighted by atomic mass is 9.50. The van der Waals surface area contributed by atoms with Crippen LogP contribution in [0.25, 0.3) is 0 Å². The van der Waals surface area contributed by atoms with Gasteiger partial charge in [0.15, 0.2) is 0 Å². The topological polar surface area (TPSA) is 38.5 Å². The molecule has 0 spiro atoms. The summed E-state index contributed by atoms with van der Waals surface area (Å²) in [4.78, 5) is 0. The van der Waals surface area contributed by atoms with Gasteiger partial charge in [-0.3, -0.25) is 0 Å². The number of hydrogen-bond acceptors (Lipinski definition) is 2. The fourth-order valence-electron chi connectivity index (χ4n) is 5.25. The van der Waals surface area contributed by atoms with Crippen LogP contribution in [-0.4, -0.2) is 19.8 Å². The van der Waals surface area contributed by atoms with Gasteiger partial charge in [-0.05, 0) is 71.6 Å². The summed E-state index contributed by atoms with van der Waals surface area (Å²) in [6, 6.07) is 7.29. The smallest absolute Gasteiger partial charge is 0.0701 e. The van der Waals surface area contributed by atoms with Crippen LogP contribution in [0, 0.1) is 11.3 Å². The van der Waals surface area contributed by atoms with Gasteiger partial charge in [0.2, 0.25) is 0 Å². The molecule has 1 aliphatic heterocycles. The Labute approximate surface area is 148 Å². The molecule has 2 N–H and O–H groups in total. The summed E-state index contributed by atoms with van der Waals surface area (Å²) in [7, 11) is 0. The number of fused-ring (bicyclic) bond motifs is 3. The summed E-state index contributed by atoms with van der Waals surface area (Å²) in [6.45, 7) is 12.4. The van der Waals surface area contributed by atoms with Crippen LogP contribution in [0.5, 0.6) is 0 Å². The Morgan fingerprint density at radius 2 is 1.92 bits per heavy atom. The molecule has 24 heavy (non-hydrogen) atoms. The van der Waals surface area contributed by atoms with Crippen LogP contribution in [0.4, 0.5) is 0 Å². The molecule has 0 bridgehead atoms. The van der Waals surface area contributed by atoms with Gasteiger partial charge in [0.1, 0.15) is 0 Å². The van der Waals surface area contributed by atoms with Crippen molar-refractivity contribution in [1.82, 2.24) is 0 Å². The Bertz CT molecular complexity index is 577. The molecule has 2 fully saturated rings. The maximum absolute atomic E-state index is 6.19. The van der Waals surface area contributed by atoms with Gasteiger partial charge in [0, 0.05) is 0 Å². The van der Waals surface area contributed by atoms with Gasteiger partial charge in [-0.1, -0.05) is 52.3 Å². The third-order valence-electron chi connectivity index (χ3n) is 6.84. The highest BCUT2D eigenvalue weighted by Gasteiger charge is 2.50. The van der Waals surface area contributed by atoms with Crippen molar-refractivity contribution in [2.45, 2.75) is 71.1 Å². The zero-order valence-corrected chi connectivity index (χ0v) is 16.0. The Hall–Kier alpha value is -0.860. The molecule has 0 amide bonds. The van der Waals surface area contributed by atoms with Crippen molar-refractivity contribution < 1.29 is 4.74 Å². The maximum Gasteiger partial charge on any atom is 0.0701 e. The van der Waals surface area contributed by atoms with E-state index in [9.17, 15) is 0 Å². The number of aryl methyl sites for hydroxylation is 1. The van der Waals surface area contributed by atoms with E-state index in [4.69, 9.17) is 5.73 Å². The van der Waals surface area contributed by atoms with E-state index < -0.39 is 0 Å². The summed E-state index contributed by atoms with van der Waals surface area (Å²) < 4.78 is 4.50. The predicted molar refractivity (Wildman–Crippen MR) is 102 cm³/mol. The Morgan fingerprint density at radius 1 is 1.21 bits per heavy atom. The van der Waals surface area contributed by atoms with Crippen molar-refractivity contribution in [1.29, 1.82) is 0 Å². The van der Waals surface area contributed by atoms with E-state index >= 15 is 0 Å². The average Bonchev–Trinajstić information content (AvgIpc) is 3.43. The van der Waals surface area contributed by atoms with Crippen molar-refractivity contribution in [2.75, 3.05) is 19.8 Å². The highest BCUT2D eigenvalue weighted by Crippen LogP contribution is 2.56. The minimum Gasteiger partial charge on any atom is -0.377 e. The van der Waals surface area contributed by atoms with Crippen molar-refractivity contribution in [3.63, 3.8) is 0 Å². The molecule has 3 aliphatic rings. The average molecular weight is 330 g/mol. The standard InChI is InChI=1S/C20H31N.C2H4O/c1-14(2)15-6-8-17-16(12-15)7-9-18-19(3,13-21)10-5-11-20(17,18)4;1-2-3-1/h6,8,12,14,18H,5,7,9-11,13,21H2,1-4H3;1-2H2/t18-,19+,20+;/m0./s1. The second-order valence-electron chi connectivity index (χ2n) is 8.90. The second kappa shape index (κ2) is 6.80. The molecular weight excluding hydrogens is 294 g/mol. The number of hydrogen-bond donors (Lipinski definition) is 1. The molecule has 2 nitrogen and oxygen atoms in total. The number of rotatable bonds is 2. The second-order valence-corrected chi connectivity index (χ2v) is 8.90. The highest BCUT2D eigenvalue weighted by atomic mass is 16.6. The van der Waals surface area contributed by atoms with E-state index in [-0.39, 0.29) is 0 Å². The molecule has 3 atom stereocenters. The van der Waals surface area contributed by atoms with E-state index in [1.807, 2.05) is 0 Å². The first kappa shape index (κ1) is 17.9.